The molecule has 5 rings (SSSR count). The van der Waals surface area contributed by atoms with Crippen molar-refractivity contribution in [3.63, 3.8) is 0 Å². The molecule has 3 heterocycles. The second kappa shape index (κ2) is 9.49. The quantitative estimate of drug-likeness (QED) is 0.488. The van der Waals surface area contributed by atoms with Gasteiger partial charge in [0.2, 0.25) is 11.8 Å². The van der Waals surface area contributed by atoms with Gasteiger partial charge in [-0.15, -0.1) is 0 Å². The summed E-state index contributed by atoms with van der Waals surface area (Å²) >= 11 is 0. The molecule has 10 nitrogen and oxygen atoms in total. The van der Waals surface area contributed by atoms with E-state index in [0.29, 0.717) is 16.9 Å². The van der Waals surface area contributed by atoms with Gasteiger partial charge in [0.1, 0.15) is 24.2 Å². The van der Waals surface area contributed by atoms with Gasteiger partial charge in [0.25, 0.3) is 17.7 Å². The Morgan fingerprint density at radius 3 is 2.67 bits per heavy atom. The van der Waals surface area contributed by atoms with E-state index in [0.717, 1.165) is 4.90 Å². The molecule has 0 saturated carbocycles. The number of imide groups is 2. The molecule has 1 atom stereocenters. The van der Waals surface area contributed by atoms with Crippen molar-refractivity contribution >= 4 is 29.5 Å². The molecule has 2 N–H and O–H groups in total. The predicted molar refractivity (Wildman–Crippen MR) is 124 cm³/mol. The van der Waals surface area contributed by atoms with Crippen LogP contribution in [0.3, 0.4) is 0 Å². The first-order valence-electron chi connectivity index (χ1n) is 11.3. The maximum atomic E-state index is 13.2. The first-order chi connectivity index (χ1) is 17.4. The van der Waals surface area contributed by atoms with Crippen molar-refractivity contribution in [2.75, 3.05) is 0 Å². The highest BCUT2D eigenvalue weighted by Gasteiger charge is 2.46. The van der Waals surface area contributed by atoms with Gasteiger partial charge in [-0.2, -0.15) is 0 Å². The number of carbonyl (C=O) groups is 5. The Kier molecular flexibility index (Phi) is 6.07. The Morgan fingerprint density at radius 2 is 1.89 bits per heavy atom. The zero-order valence-corrected chi connectivity index (χ0v) is 19.0. The number of ether oxygens (including phenoxy) is 1. The maximum absolute atomic E-state index is 13.2. The van der Waals surface area contributed by atoms with Gasteiger partial charge in [0.15, 0.2) is 0 Å². The second-order valence-electron chi connectivity index (χ2n) is 8.38. The highest BCUT2D eigenvalue weighted by Crippen LogP contribution is 2.34. The fraction of sp³-hybridized carbons (Fsp3) is 0.192. The van der Waals surface area contributed by atoms with Crippen LogP contribution < -0.4 is 15.4 Å². The number of rotatable bonds is 7. The van der Waals surface area contributed by atoms with E-state index in [9.17, 15) is 24.0 Å². The fourth-order valence-corrected chi connectivity index (χ4v) is 4.25. The molecule has 2 aliphatic heterocycles. The van der Waals surface area contributed by atoms with Crippen molar-refractivity contribution < 1.29 is 33.1 Å². The van der Waals surface area contributed by atoms with Crippen molar-refractivity contribution in [3.05, 3.63) is 88.9 Å². The highest BCUT2D eigenvalue weighted by atomic mass is 16.5. The van der Waals surface area contributed by atoms with E-state index in [-0.39, 0.29) is 48.8 Å². The van der Waals surface area contributed by atoms with Gasteiger partial charge in [-0.05, 0) is 48.4 Å². The van der Waals surface area contributed by atoms with Gasteiger partial charge < -0.3 is 14.5 Å². The number of furan rings is 1. The fourth-order valence-electron chi connectivity index (χ4n) is 4.25. The maximum Gasteiger partial charge on any atom is 0.266 e. The monoisotopic (exact) mass is 487 g/mol. The normalized spacial score (nSPS) is 17.1. The van der Waals surface area contributed by atoms with Gasteiger partial charge in [0, 0.05) is 12.0 Å². The molecule has 1 aromatic heterocycles. The predicted octanol–water partition coefficient (Wildman–Crippen LogP) is 2.19. The van der Waals surface area contributed by atoms with Gasteiger partial charge in [0.05, 0.1) is 23.9 Å². The molecule has 1 saturated heterocycles. The van der Waals surface area contributed by atoms with Crippen molar-refractivity contribution in [3.8, 4) is 5.75 Å². The number of hydrogen-bond acceptors (Lipinski definition) is 7. The third-order valence-corrected chi connectivity index (χ3v) is 6.02. The number of fused-ring (bicyclic) bond motifs is 1. The number of piperidine rings is 1. The summed E-state index contributed by atoms with van der Waals surface area (Å²) in [5.41, 5.74) is 1.31. The number of nitrogens with one attached hydrogen (secondary N) is 2. The molecular formula is C26H21N3O7. The molecule has 0 bridgehead atoms. The van der Waals surface area contributed by atoms with E-state index in [4.69, 9.17) is 9.15 Å². The van der Waals surface area contributed by atoms with Crippen LogP contribution in [0.15, 0.2) is 65.3 Å². The Bertz CT molecular complexity index is 1380. The Labute approximate surface area is 205 Å². The number of benzene rings is 2. The zero-order valence-electron chi connectivity index (χ0n) is 19.0. The van der Waals surface area contributed by atoms with Gasteiger partial charge in [-0.1, -0.05) is 18.2 Å². The summed E-state index contributed by atoms with van der Waals surface area (Å²) in [6.07, 6.45) is 1.64. The van der Waals surface area contributed by atoms with E-state index in [1.165, 1.54) is 12.3 Å². The molecule has 3 aromatic rings. The lowest BCUT2D eigenvalue weighted by molar-refractivity contribution is -0.136. The van der Waals surface area contributed by atoms with Crippen LogP contribution in [0.4, 0.5) is 0 Å². The molecule has 0 radical (unpaired) electrons. The van der Waals surface area contributed by atoms with E-state index >= 15 is 0 Å². The van der Waals surface area contributed by atoms with Crippen molar-refractivity contribution in [2.45, 2.75) is 32.0 Å². The van der Waals surface area contributed by atoms with E-state index < -0.39 is 29.7 Å². The average molecular weight is 487 g/mol. The second-order valence-corrected chi connectivity index (χ2v) is 8.38. The molecule has 1 fully saturated rings. The Morgan fingerprint density at radius 1 is 1.06 bits per heavy atom. The number of amides is 5. The van der Waals surface area contributed by atoms with Crippen LogP contribution in [0.2, 0.25) is 0 Å². The third-order valence-electron chi connectivity index (χ3n) is 6.02. The summed E-state index contributed by atoms with van der Waals surface area (Å²) < 4.78 is 11.1. The molecular weight excluding hydrogens is 466 g/mol. The van der Waals surface area contributed by atoms with E-state index in [2.05, 4.69) is 10.6 Å². The molecule has 2 aliphatic rings. The Balaban J connectivity index is 1.29. The summed E-state index contributed by atoms with van der Waals surface area (Å²) in [7, 11) is 0. The van der Waals surface area contributed by atoms with Crippen LogP contribution in [-0.4, -0.2) is 40.5 Å². The molecule has 0 spiro atoms. The average Bonchev–Trinajstić information content (AvgIpc) is 3.49. The zero-order chi connectivity index (χ0) is 25.2. The molecule has 0 aliphatic carbocycles. The molecule has 10 heteroatoms. The number of hydrogen-bond donors (Lipinski definition) is 2. The standard InChI is InChI=1S/C26H21N3O7/c30-21-10-9-19(24(32)28-21)29-25(33)18-7-2-8-20(22(18)26(29)34)36-14-15-4-1-5-16(12-15)23(31)27-13-17-6-3-11-35-17/h1-8,11-12,19H,9-10,13-14H2,(H,27,31)(H,28,30,32). The lowest BCUT2D eigenvalue weighted by atomic mass is 10.0. The van der Waals surface area contributed by atoms with Crippen molar-refractivity contribution in [1.29, 1.82) is 0 Å². The molecule has 5 amide bonds. The van der Waals surface area contributed by atoms with Gasteiger partial charge >= 0.3 is 0 Å². The SMILES string of the molecule is O=C1CCC(N2C(=O)c3cccc(OCc4cccc(C(=O)NCc5ccco5)c4)c3C2=O)C(=O)N1. The summed E-state index contributed by atoms with van der Waals surface area (Å²) in [4.78, 5) is 63.3. The number of carbonyl (C=O) groups excluding carboxylic acids is 5. The number of nitrogens with zero attached hydrogens (tertiary/aromatic N) is 1. The molecule has 1 unspecified atom stereocenters. The van der Waals surface area contributed by atoms with Gasteiger partial charge in [-0.3, -0.25) is 34.2 Å². The summed E-state index contributed by atoms with van der Waals surface area (Å²) in [5, 5.41) is 4.95. The Hall–Kier alpha value is -4.73. The van der Waals surface area contributed by atoms with Crippen LogP contribution in [-0.2, 0) is 22.7 Å². The van der Waals surface area contributed by atoms with Crippen molar-refractivity contribution in [1.82, 2.24) is 15.5 Å². The van der Waals surface area contributed by atoms with Crippen LogP contribution >= 0.6 is 0 Å². The van der Waals surface area contributed by atoms with Gasteiger partial charge in [-0.25, -0.2) is 0 Å². The largest absolute Gasteiger partial charge is 0.488 e. The summed E-state index contributed by atoms with van der Waals surface area (Å²) in [6.45, 7) is 0.290. The van der Waals surface area contributed by atoms with Crippen molar-refractivity contribution in [2.24, 2.45) is 0 Å². The van der Waals surface area contributed by atoms with Crippen LogP contribution in [0.25, 0.3) is 0 Å². The minimum atomic E-state index is -1.06. The first kappa shape index (κ1) is 23.0. The van der Waals surface area contributed by atoms with Crippen LogP contribution in [0.5, 0.6) is 5.75 Å². The molecule has 182 valence electrons. The van der Waals surface area contributed by atoms with E-state index in [1.54, 1.807) is 48.5 Å². The lowest BCUT2D eigenvalue weighted by Crippen LogP contribution is -2.54. The summed E-state index contributed by atoms with van der Waals surface area (Å²) in [5.74, 6) is -1.83. The molecule has 2 aromatic carbocycles. The van der Waals surface area contributed by atoms with E-state index in [1.807, 2.05) is 0 Å². The minimum Gasteiger partial charge on any atom is -0.488 e. The van der Waals surface area contributed by atoms with Crippen LogP contribution in [0, 0.1) is 0 Å². The lowest BCUT2D eigenvalue weighted by Gasteiger charge is -2.27. The highest BCUT2D eigenvalue weighted by molar-refractivity contribution is 6.24. The smallest absolute Gasteiger partial charge is 0.266 e. The topological polar surface area (TPSA) is 135 Å². The minimum absolute atomic E-state index is 0.0373. The third kappa shape index (κ3) is 4.36. The first-order valence-corrected chi connectivity index (χ1v) is 11.3. The molecule has 36 heavy (non-hydrogen) atoms. The summed E-state index contributed by atoms with van der Waals surface area (Å²) in [6, 6.07) is 13.9. The van der Waals surface area contributed by atoms with Crippen LogP contribution in [0.1, 0.15) is 55.2 Å².